The zero-order chi connectivity index (χ0) is 29.8. The fourth-order valence-electron chi connectivity index (χ4n) is 5.89. The Morgan fingerprint density at radius 3 is 2.32 bits per heavy atom. The number of hydrogen-bond acceptors (Lipinski definition) is 5. The summed E-state index contributed by atoms with van der Waals surface area (Å²) in [5.41, 5.74) is 0.188. The van der Waals surface area contributed by atoms with Gasteiger partial charge in [0.2, 0.25) is 11.8 Å². The van der Waals surface area contributed by atoms with Gasteiger partial charge in [0, 0.05) is 42.8 Å². The third kappa shape index (κ3) is 7.63. The highest BCUT2D eigenvalue weighted by Crippen LogP contribution is 2.36. The number of rotatable bonds is 10. The van der Waals surface area contributed by atoms with Gasteiger partial charge in [0.05, 0.1) is 23.1 Å². The molecule has 0 unspecified atom stereocenters. The van der Waals surface area contributed by atoms with Gasteiger partial charge in [-0.1, -0.05) is 36.9 Å². The minimum Gasteiger partial charge on any atom is -0.390 e. The first-order chi connectivity index (χ1) is 19.3. The van der Waals surface area contributed by atoms with E-state index in [4.69, 9.17) is 0 Å². The van der Waals surface area contributed by atoms with Gasteiger partial charge >= 0.3 is 0 Å². The first-order valence-electron chi connectivity index (χ1n) is 14.3. The van der Waals surface area contributed by atoms with Gasteiger partial charge < -0.3 is 20.6 Å². The fourth-order valence-corrected chi connectivity index (χ4v) is 5.89. The van der Waals surface area contributed by atoms with Crippen molar-refractivity contribution in [3.8, 4) is 0 Å². The zero-order valence-electron chi connectivity index (χ0n) is 24.6. The van der Waals surface area contributed by atoms with Gasteiger partial charge in [-0.05, 0) is 83.2 Å². The summed E-state index contributed by atoms with van der Waals surface area (Å²) in [5.74, 6) is -0.755. The number of aliphatic hydroxyl groups is 1. The molecule has 41 heavy (non-hydrogen) atoms. The highest BCUT2D eigenvalue weighted by molar-refractivity contribution is 5.94. The van der Waals surface area contributed by atoms with Crippen LogP contribution in [0, 0.1) is 5.82 Å². The van der Waals surface area contributed by atoms with Crippen LogP contribution in [-0.4, -0.2) is 52.1 Å². The molecule has 1 saturated carbocycles. The van der Waals surface area contributed by atoms with E-state index in [0.717, 1.165) is 31.2 Å². The van der Waals surface area contributed by atoms with E-state index >= 15 is 0 Å². The van der Waals surface area contributed by atoms with Crippen molar-refractivity contribution in [2.75, 3.05) is 18.0 Å². The first-order valence-corrected chi connectivity index (χ1v) is 14.3. The maximum Gasteiger partial charge on any atom is 0.248 e. The van der Waals surface area contributed by atoms with Crippen LogP contribution in [-0.2, 0) is 15.1 Å². The van der Waals surface area contributed by atoms with Crippen LogP contribution in [0.15, 0.2) is 79.1 Å². The van der Waals surface area contributed by atoms with Crippen LogP contribution >= 0.6 is 0 Å². The van der Waals surface area contributed by atoms with E-state index in [1.807, 2.05) is 51.1 Å². The van der Waals surface area contributed by atoms with Crippen molar-refractivity contribution >= 4 is 17.5 Å². The van der Waals surface area contributed by atoms with Crippen LogP contribution < -0.4 is 15.5 Å². The molecule has 1 saturated heterocycles. The third-order valence-corrected chi connectivity index (χ3v) is 8.40. The summed E-state index contributed by atoms with van der Waals surface area (Å²) in [6.07, 6.45) is 6.60. The molecule has 2 aliphatic rings. The minimum atomic E-state index is -0.724. The SMILES string of the molecule is C=CN(/C=C(\C)C(=O)NC1(CC(=O)NC(C)(C)c2ccccc2)CN(C2CCC(C)(O)CC2)C1)c1ccc(F)cc1. The Balaban J connectivity index is 1.48. The second kappa shape index (κ2) is 12.2. The lowest BCUT2D eigenvalue weighted by atomic mass is 9.78. The summed E-state index contributed by atoms with van der Waals surface area (Å²) in [4.78, 5) is 30.9. The van der Waals surface area contributed by atoms with Crippen molar-refractivity contribution in [2.24, 2.45) is 0 Å². The van der Waals surface area contributed by atoms with Crippen LogP contribution in [0.1, 0.15) is 65.4 Å². The van der Waals surface area contributed by atoms with Crippen LogP contribution in [0.5, 0.6) is 0 Å². The number of hydrogen-bond donors (Lipinski definition) is 3. The Hall–Kier alpha value is -3.49. The molecule has 1 aliphatic heterocycles. The number of amides is 2. The topological polar surface area (TPSA) is 84.9 Å². The van der Waals surface area contributed by atoms with E-state index in [1.165, 1.54) is 12.1 Å². The van der Waals surface area contributed by atoms with E-state index in [0.29, 0.717) is 30.4 Å². The molecule has 0 bridgehead atoms. The number of nitrogens with zero attached hydrogens (tertiary/aromatic N) is 2. The molecule has 2 aromatic rings. The molecule has 8 heteroatoms. The predicted molar refractivity (Wildman–Crippen MR) is 160 cm³/mol. The number of carbonyl (C=O) groups is 2. The van der Waals surface area contributed by atoms with Crippen LogP contribution in [0.2, 0.25) is 0 Å². The van der Waals surface area contributed by atoms with Crippen molar-refractivity contribution in [1.29, 1.82) is 0 Å². The summed E-state index contributed by atoms with van der Waals surface area (Å²) < 4.78 is 13.4. The summed E-state index contributed by atoms with van der Waals surface area (Å²) >= 11 is 0. The summed E-state index contributed by atoms with van der Waals surface area (Å²) in [6.45, 7) is 12.5. The molecule has 2 amide bonds. The van der Waals surface area contributed by atoms with Gasteiger partial charge in [0.15, 0.2) is 0 Å². The van der Waals surface area contributed by atoms with Gasteiger partial charge in [0.25, 0.3) is 0 Å². The molecule has 2 fully saturated rings. The average Bonchev–Trinajstić information content (AvgIpc) is 2.90. The van der Waals surface area contributed by atoms with E-state index in [-0.39, 0.29) is 24.1 Å². The van der Waals surface area contributed by atoms with E-state index in [1.54, 1.807) is 36.4 Å². The molecule has 0 spiro atoms. The number of benzene rings is 2. The van der Waals surface area contributed by atoms with E-state index in [9.17, 15) is 19.1 Å². The number of carbonyl (C=O) groups excluding carboxylic acids is 2. The predicted octanol–water partition coefficient (Wildman–Crippen LogP) is 4.99. The normalized spacial score (nSPS) is 22.8. The lowest BCUT2D eigenvalue weighted by Gasteiger charge is -2.55. The molecular formula is C33H43FN4O3. The second-order valence-electron chi connectivity index (χ2n) is 12.5. The highest BCUT2D eigenvalue weighted by atomic mass is 19.1. The Kier molecular flexibility index (Phi) is 9.04. The molecule has 1 aliphatic carbocycles. The quantitative estimate of drug-likeness (QED) is 0.356. The molecule has 0 aromatic heterocycles. The molecule has 7 nitrogen and oxygen atoms in total. The van der Waals surface area contributed by atoms with Crippen molar-refractivity contribution in [1.82, 2.24) is 15.5 Å². The zero-order valence-corrected chi connectivity index (χ0v) is 24.6. The number of halogens is 1. The largest absolute Gasteiger partial charge is 0.390 e. The molecule has 0 atom stereocenters. The number of nitrogens with one attached hydrogen (secondary N) is 2. The van der Waals surface area contributed by atoms with Crippen molar-refractivity contribution in [2.45, 2.75) is 82.5 Å². The first kappa shape index (κ1) is 30.5. The van der Waals surface area contributed by atoms with E-state index < -0.39 is 16.7 Å². The molecule has 2 aromatic carbocycles. The Labute approximate surface area is 243 Å². The molecule has 220 valence electrons. The second-order valence-corrected chi connectivity index (χ2v) is 12.5. The lowest BCUT2D eigenvalue weighted by molar-refractivity contribution is -0.131. The van der Waals surface area contributed by atoms with E-state index in [2.05, 4.69) is 22.1 Å². The number of likely N-dealkylation sites (tertiary alicyclic amines) is 1. The van der Waals surface area contributed by atoms with Gasteiger partial charge in [-0.15, -0.1) is 0 Å². The monoisotopic (exact) mass is 562 g/mol. The van der Waals surface area contributed by atoms with Crippen molar-refractivity contribution in [3.05, 3.63) is 90.5 Å². The van der Waals surface area contributed by atoms with Gasteiger partial charge in [-0.25, -0.2) is 4.39 Å². The summed E-state index contributed by atoms with van der Waals surface area (Å²) in [7, 11) is 0. The molecule has 4 rings (SSSR count). The smallest absolute Gasteiger partial charge is 0.248 e. The standard InChI is InChI=1S/C33H43FN4O3/c1-6-37(27-14-12-26(34)13-15-27)21-24(2)30(40)36-33(22-38(23-33)28-16-18-32(5,41)19-17-28)20-29(39)35-31(3,4)25-10-8-7-9-11-25/h6-15,21,28,41H,1,16-20,22-23H2,2-5H3,(H,35,39)(H,36,40)/b24-21+. The maximum absolute atomic E-state index is 13.5. The summed E-state index contributed by atoms with van der Waals surface area (Å²) in [6, 6.07) is 16.1. The maximum atomic E-state index is 13.5. The summed E-state index contributed by atoms with van der Waals surface area (Å²) in [5, 5.41) is 16.7. The number of anilines is 1. The van der Waals surface area contributed by atoms with Gasteiger partial charge in [-0.3, -0.25) is 14.5 Å². The lowest BCUT2D eigenvalue weighted by Crippen LogP contribution is -2.73. The fraction of sp³-hybridized carbons (Fsp3) is 0.455. The average molecular weight is 563 g/mol. The molecule has 0 radical (unpaired) electrons. The van der Waals surface area contributed by atoms with Crippen molar-refractivity contribution < 1.29 is 19.1 Å². The van der Waals surface area contributed by atoms with Crippen LogP contribution in [0.25, 0.3) is 0 Å². The highest BCUT2D eigenvalue weighted by Gasteiger charge is 2.49. The Bertz CT molecular complexity index is 1260. The minimum absolute atomic E-state index is 0.133. The van der Waals surface area contributed by atoms with Gasteiger partial charge in [0.1, 0.15) is 5.82 Å². The molecule has 1 heterocycles. The molecular weight excluding hydrogens is 519 g/mol. The van der Waals surface area contributed by atoms with Crippen LogP contribution in [0.3, 0.4) is 0 Å². The van der Waals surface area contributed by atoms with Crippen LogP contribution in [0.4, 0.5) is 10.1 Å². The van der Waals surface area contributed by atoms with Gasteiger partial charge in [-0.2, -0.15) is 0 Å². The Morgan fingerprint density at radius 2 is 1.73 bits per heavy atom. The van der Waals surface area contributed by atoms with Crippen molar-refractivity contribution in [3.63, 3.8) is 0 Å². The Morgan fingerprint density at radius 1 is 1.12 bits per heavy atom. The molecule has 3 N–H and O–H groups in total. The third-order valence-electron chi connectivity index (χ3n) is 8.40.